The summed E-state index contributed by atoms with van der Waals surface area (Å²) in [6, 6.07) is 1.63. The number of rotatable bonds is 7. The van der Waals surface area contributed by atoms with Crippen LogP contribution in [0.15, 0.2) is 0 Å². The first-order valence-corrected chi connectivity index (χ1v) is 13.0. The van der Waals surface area contributed by atoms with Crippen molar-refractivity contribution in [1.82, 2.24) is 23.9 Å². The number of hydrogen-bond acceptors (Lipinski definition) is 5. The Labute approximate surface area is 171 Å². The van der Waals surface area contributed by atoms with E-state index in [9.17, 15) is 0 Å². The SMILES string of the molecule is CCCN(CCN1CCN(C2CCCCC2)CC1)C1CCc2nn[se]c2C1. The fraction of sp³-hybridized carbons (Fsp3) is 0.905. The van der Waals surface area contributed by atoms with Gasteiger partial charge < -0.3 is 0 Å². The van der Waals surface area contributed by atoms with Crippen LogP contribution in [0.1, 0.15) is 62.0 Å². The zero-order valence-electron chi connectivity index (χ0n) is 17.1. The summed E-state index contributed by atoms with van der Waals surface area (Å²) >= 11 is 0.307. The molecule has 0 spiro atoms. The van der Waals surface area contributed by atoms with Gasteiger partial charge in [0.1, 0.15) is 0 Å². The van der Waals surface area contributed by atoms with Crippen molar-refractivity contribution in [2.45, 2.75) is 76.8 Å². The summed E-state index contributed by atoms with van der Waals surface area (Å²) < 4.78 is 5.90. The van der Waals surface area contributed by atoms with Gasteiger partial charge in [-0.05, 0) is 0 Å². The second kappa shape index (κ2) is 9.98. The van der Waals surface area contributed by atoms with E-state index in [1.54, 1.807) is 4.44 Å². The molecule has 4 rings (SSSR count). The van der Waals surface area contributed by atoms with E-state index >= 15 is 0 Å². The molecule has 1 saturated heterocycles. The molecular formula is C21H37N5Se. The van der Waals surface area contributed by atoms with Crippen molar-refractivity contribution in [1.29, 1.82) is 0 Å². The standard InChI is InChI=1S/C21H37N5Se/c1-2-10-25(19-8-9-20-21(17-19)27-23-22-20)14-11-24-12-15-26(16-13-24)18-6-4-3-5-7-18/h18-19H,2-17H2,1H3. The normalized spacial score (nSPS) is 25.8. The maximum absolute atomic E-state index is 4.36. The van der Waals surface area contributed by atoms with E-state index in [2.05, 4.69) is 30.8 Å². The molecular weight excluding hydrogens is 401 g/mol. The van der Waals surface area contributed by atoms with Crippen LogP contribution in [0.3, 0.4) is 0 Å². The topological polar surface area (TPSA) is 35.5 Å². The second-order valence-corrected chi connectivity index (χ2v) is 10.5. The average molecular weight is 439 g/mol. The molecule has 5 nitrogen and oxygen atoms in total. The zero-order valence-corrected chi connectivity index (χ0v) is 18.8. The third kappa shape index (κ3) is 5.22. The van der Waals surface area contributed by atoms with E-state index in [1.807, 2.05) is 0 Å². The van der Waals surface area contributed by atoms with Crippen LogP contribution in [0.4, 0.5) is 0 Å². The quantitative estimate of drug-likeness (QED) is 0.609. The van der Waals surface area contributed by atoms with E-state index in [0.29, 0.717) is 14.7 Å². The Morgan fingerprint density at radius 1 is 1.04 bits per heavy atom. The van der Waals surface area contributed by atoms with Crippen LogP contribution < -0.4 is 0 Å². The van der Waals surface area contributed by atoms with Gasteiger partial charge in [-0.1, -0.05) is 19.3 Å². The summed E-state index contributed by atoms with van der Waals surface area (Å²) in [5.41, 5.74) is 1.33. The van der Waals surface area contributed by atoms with Gasteiger partial charge in [-0.15, -0.1) is 0 Å². The van der Waals surface area contributed by atoms with Crippen LogP contribution in [0.25, 0.3) is 0 Å². The first-order chi connectivity index (χ1) is 13.3. The van der Waals surface area contributed by atoms with Crippen LogP contribution in [0.2, 0.25) is 0 Å². The predicted molar refractivity (Wildman–Crippen MR) is 112 cm³/mol. The number of aryl methyl sites for hydroxylation is 1. The number of piperazine rings is 1. The zero-order chi connectivity index (χ0) is 18.5. The van der Waals surface area contributed by atoms with Gasteiger partial charge in [-0.25, -0.2) is 0 Å². The molecule has 27 heavy (non-hydrogen) atoms. The van der Waals surface area contributed by atoms with Crippen molar-refractivity contribution >= 4 is 14.7 Å². The molecule has 1 saturated carbocycles. The van der Waals surface area contributed by atoms with E-state index in [0.717, 1.165) is 18.5 Å². The van der Waals surface area contributed by atoms with Crippen molar-refractivity contribution in [3.63, 3.8) is 0 Å². The number of fused-ring (bicyclic) bond motifs is 1. The van der Waals surface area contributed by atoms with Gasteiger partial charge in [0.05, 0.1) is 0 Å². The summed E-state index contributed by atoms with van der Waals surface area (Å²) in [6.07, 6.45) is 12.2. The summed E-state index contributed by atoms with van der Waals surface area (Å²) in [5, 5.41) is 4.36. The van der Waals surface area contributed by atoms with Gasteiger partial charge in [0.25, 0.3) is 0 Å². The van der Waals surface area contributed by atoms with Crippen molar-refractivity contribution in [2.24, 2.45) is 0 Å². The molecule has 0 bridgehead atoms. The molecule has 1 unspecified atom stereocenters. The molecule has 1 aromatic heterocycles. The van der Waals surface area contributed by atoms with Crippen LogP contribution in [-0.4, -0.2) is 96.5 Å². The molecule has 0 radical (unpaired) electrons. The van der Waals surface area contributed by atoms with Crippen LogP contribution in [0, 0.1) is 0 Å². The maximum atomic E-state index is 4.36. The Bertz CT molecular complexity index is 563. The molecule has 2 aliphatic carbocycles. The summed E-state index contributed by atoms with van der Waals surface area (Å²) in [7, 11) is 0. The summed E-state index contributed by atoms with van der Waals surface area (Å²) in [5.74, 6) is 0. The monoisotopic (exact) mass is 439 g/mol. The summed E-state index contributed by atoms with van der Waals surface area (Å²) in [6.45, 7) is 11.2. The summed E-state index contributed by atoms with van der Waals surface area (Å²) in [4.78, 5) is 8.30. The van der Waals surface area contributed by atoms with Crippen molar-refractivity contribution < 1.29 is 0 Å². The van der Waals surface area contributed by atoms with Crippen molar-refractivity contribution in [3.05, 3.63) is 10.1 Å². The minimum atomic E-state index is 0.307. The third-order valence-corrected chi connectivity index (χ3v) is 8.65. The predicted octanol–water partition coefficient (Wildman–Crippen LogP) is 2.05. The molecule has 152 valence electrons. The molecule has 1 atom stereocenters. The van der Waals surface area contributed by atoms with Crippen LogP contribution >= 0.6 is 0 Å². The molecule has 0 amide bonds. The number of hydrogen-bond donors (Lipinski definition) is 0. The van der Waals surface area contributed by atoms with Gasteiger partial charge in [0.2, 0.25) is 0 Å². The number of aromatic nitrogens is 2. The number of nitrogens with zero attached hydrogens (tertiary/aromatic N) is 5. The van der Waals surface area contributed by atoms with Crippen LogP contribution in [0.5, 0.6) is 0 Å². The van der Waals surface area contributed by atoms with E-state index in [4.69, 9.17) is 0 Å². The Balaban J connectivity index is 1.23. The third-order valence-electron chi connectivity index (χ3n) is 7.00. The Morgan fingerprint density at radius 3 is 2.63 bits per heavy atom. The van der Waals surface area contributed by atoms with Gasteiger partial charge in [-0.2, -0.15) is 0 Å². The van der Waals surface area contributed by atoms with E-state index in [1.165, 1.54) is 103 Å². The van der Waals surface area contributed by atoms with Gasteiger partial charge >= 0.3 is 152 Å². The van der Waals surface area contributed by atoms with Gasteiger partial charge in [0.15, 0.2) is 0 Å². The minimum absolute atomic E-state index is 0.307. The Morgan fingerprint density at radius 2 is 1.85 bits per heavy atom. The second-order valence-electron chi connectivity index (χ2n) is 8.74. The van der Waals surface area contributed by atoms with Gasteiger partial charge in [-0.3, -0.25) is 0 Å². The van der Waals surface area contributed by atoms with E-state index in [-0.39, 0.29) is 0 Å². The molecule has 2 fully saturated rings. The first kappa shape index (κ1) is 20.0. The van der Waals surface area contributed by atoms with Gasteiger partial charge in [0, 0.05) is 0 Å². The van der Waals surface area contributed by atoms with E-state index < -0.39 is 0 Å². The fourth-order valence-electron chi connectivity index (χ4n) is 5.34. The molecule has 1 aliphatic heterocycles. The van der Waals surface area contributed by atoms with Crippen molar-refractivity contribution in [3.8, 4) is 0 Å². The Hall–Kier alpha value is -0.261. The van der Waals surface area contributed by atoms with Crippen LogP contribution in [-0.2, 0) is 12.8 Å². The molecule has 3 aliphatic rings. The molecule has 1 aromatic rings. The van der Waals surface area contributed by atoms with Crippen molar-refractivity contribution in [2.75, 3.05) is 45.8 Å². The average Bonchev–Trinajstić information content (AvgIpc) is 3.20. The molecule has 6 heteroatoms. The Kier molecular flexibility index (Phi) is 7.40. The molecule has 0 N–H and O–H groups in total. The molecule has 2 heterocycles. The molecule has 0 aromatic carbocycles. The first-order valence-electron chi connectivity index (χ1n) is 11.3. The fourth-order valence-corrected chi connectivity index (χ4v) is 6.92.